The predicted octanol–water partition coefficient (Wildman–Crippen LogP) is 4.78. The Labute approximate surface area is 166 Å². The van der Waals surface area contributed by atoms with E-state index in [1.165, 1.54) is 12.1 Å². The number of hydrogen-bond acceptors (Lipinski definition) is 3. The summed E-state index contributed by atoms with van der Waals surface area (Å²) in [4.78, 5) is 20.3. The lowest BCUT2D eigenvalue weighted by atomic mass is 9.91. The summed E-state index contributed by atoms with van der Waals surface area (Å²) in [7, 11) is 0. The van der Waals surface area contributed by atoms with E-state index in [-0.39, 0.29) is 23.2 Å². The molecule has 4 nitrogen and oxygen atoms in total. The summed E-state index contributed by atoms with van der Waals surface area (Å²) >= 11 is 0. The van der Waals surface area contributed by atoms with Crippen LogP contribution in [0.5, 0.6) is 0 Å². The lowest BCUT2D eigenvalue weighted by Gasteiger charge is -2.28. The maximum Gasteiger partial charge on any atom is 0.223 e. The molecule has 2 aromatic carbocycles. The summed E-state index contributed by atoms with van der Waals surface area (Å²) in [6.07, 6.45) is 0.862. The molecule has 0 bridgehead atoms. The Morgan fingerprint density at radius 2 is 1.93 bits per heavy atom. The number of carbonyl (C=O) groups excluding carboxylic acids is 1. The minimum atomic E-state index is -0.299. The Morgan fingerprint density at radius 1 is 1.18 bits per heavy atom. The van der Waals surface area contributed by atoms with Crippen molar-refractivity contribution in [1.82, 2.24) is 4.90 Å². The maximum atomic E-state index is 13.6. The fourth-order valence-electron chi connectivity index (χ4n) is 3.25. The summed E-state index contributed by atoms with van der Waals surface area (Å²) in [5.41, 5.74) is 2.56. The highest BCUT2D eigenvalue weighted by Crippen LogP contribution is 2.23. The van der Waals surface area contributed by atoms with Gasteiger partial charge in [-0.25, -0.2) is 4.39 Å². The first kappa shape index (κ1) is 20.1. The van der Waals surface area contributed by atoms with E-state index in [2.05, 4.69) is 5.16 Å². The Kier molecular flexibility index (Phi) is 6.12. The second-order valence-corrected chi connectivity index (χ2v) is 8.48. The van der Waals surface area contributed by atoms with E-state index in [0.717, 1.165) is 16.8 Å². The number of hydrogen-bond donors (Lipinski definition) is 0. The first-order valence-electron chi connectivity index (χ1n) is 9.60. The van der Waals surface area contributed by atoms with Gasteiger partial charge in [-0.1, -0.05) is 68.4 Å². The molecule has 0 spiro atoms. The summed E-state index contributed by atoms with van der Waals surface area (Å²) in [5, 5.41) is 4.21. The standard InChI is InChI=1S/C23H27FN2O2/c1-23(2,3)14-22(27)26(15-17-8-7-11-19(24)12-17)16-20-13-21(25-28-20)18-9-5-4-6-10-18/h4-12,20H,13-16H2,1-3H3/t20-/m1/s1. The van der Waals surface area contributed by atoms with Crippen LogP contribution in [-0.2, 0) is 16.2 Å². The largest absolute Gasteiger partial charge is 0.390 e. The van der Waals surface area contributed by atoms with Gasteiger partial charge in [-0.3, -0.25) is 4.79 Å². The molecule has 0 fully saturated rings. The van der Waals surface area contributed by atoms with Gasteiger partial charge in [-0.2, -0.15) is 0 Å². The van der Waals surface area contributed by atoms with Crippen molar-refractivity contribution in [1.29, 1.82) is 0 Å². The number of carbonyl (C=O) groups is 1. The van der Waals surface area contributed by atoms with Crippen molar-refractivity contribution in [2.75, 3.05) is 6.54 Å². The fourth-order valence-corrected chi connectivity index (χ4v) is 3.25. The molecule has 1 amide bonds. The molecule has 0 radical (unpaired) electrons. The Morgan fingerprint density at radius 3 is 2.61 bits per heavy atom. The van der Waals surface area contributed by atoms with Crippen LogP contribution < -0.4 is 0 Å². The monoisotopic (exact) mass is 382 g/mol. The van der Waals surface area contributed by atoms with Crippen LogP contribution in [0.4, 0.5) is 4.39 Å². The maximum absolute atomic E-state index is 13.6. The van der Waals surface area contributed by atoms with Crippen molar-refractivity contribution in [3.8, 4) is 0 Å². The summed E-state index contributed by atoms with van der Waals surface area (Å²) in [6.45, 7) is 6.88. The molecule has 3 rings (SSSR count). The van der Waals surface area contributed by atoms with Gasteiger partial charge in [-0.15, -0.1) is 0 Å². The van der Waals surface area contributed by atoms with E-state index in [9.17, 15) is 9.18 Å². The number of nitrogens with zero attached hydrogens (tertiary/aromatic N) is 2. The van der Waals surface area contributed by atoms with E-state index < -0.39 is 0 Å². The van der Waals surface area contributed by atoms with Gasteiger partial charge in [0.05, 0.1) is 12.3 Å². The molecule has 5 heteroatoms. The van der Waals surface area contributed by atoms with Gasteiger partial charge in [0, 0.05) is 19.4 Å². The topological polar surface area (TPSA) is 41.9 Å². The van der Waals surface area contributed by atoms with Crippen LogP contribution in [0.3, 0.4) is 0 Å². The first-order valence-corrected chi connectivity index (χ1v) is 9.60. The van der Waals surface area contributed by atoms with Crippen LogP contribution in [0.15, 0.2) is 59.8 Å². The molecule has 148 valence electrons. The van der Waals surface area contributed by atoms with Gasteiger partial charge >= 0.3 is 0 Å². The number of oxime groups is 1. The molecule has 28 heavy (non-hydrogen) atoms. The van der Waals surface area contributed by atoms with E-state index in [0.29, 0.717) is 25.9 Å². The number of halogens is 1. The molecule has 0 saturated heterocycles. The molecule has 2 aromatic rings. The Balaban J connectivity index is 1.69. The molecular weight excluding hydrogens is 355 g/mol. The molecule has 0 unspecified atom stereocenters. The highest BCUT2D eigenvalue weighted by Gasteiger charge is 2.28. The van der Waals surface area contributed by atoms with Gasteiger partial charge < -0.3 is 9.74 Å². The SMILES string of the molecule is CC(C)(C)CC(=O)N(Cc1cccc(F)c1)C[C@H]1CC(c2ccccc2)=NO1. The average Bonchev–Trinajstić information content (AvgIpc) is 3.09. The van der Waals surface area contributed by atoms with Crippen molar-refractivity contribution in [2.24, 2.45) is 10.6 Å². The summed E-state index contributed by atoms with van der Waals surface area (Å²) in [6, 6.07) is 16.3. The van der Waals surface area contributed by atoms with Crippen molar-refractivity contribution in [2.45, 2.75) is 46.3 Å². The van der Waals surface area contributed by atoms with Crippen LogP contribution >= 0.6 is 0 Å². The number of rotatable bonds is 6. The lowest BCUT2D eigenvalue weighted by molar-refractivity contribution is -0.135. The Bertz CT molecular complexity index is 843. The molecule has 0 aliphatic carbocycles. The van der Waals surface area contributed by atoms with E-state index in [4.69, 9.17) is 4.84 Å². The molecule has 0 aromatic heterocycles. The second kappa shape index (κ2) is 8.55. The van der Waals surface area contributed by atoms with Crippen molar-refractivity contribution in [3.63, 3.8) is 0 Å². The minimum Gasteiger partial charge on any atom is -0.390 e. The third kappa shape index (κ3) is 5.65. The molecule has 1 atom stereocenters. The normalized spacial score (nSPS) is 16.4. The quantitative estimate of drug-likeness (QED) is 0.721. The minimum absolute atomic E-state index is 0.0357. The fraction of sp³-hybridized carbons (Fsp3) is 0.391. The van der Waals surface area contributed by atoms with Crippen LogP contribution in [0.1, 0.15) is 44.7 Å². The Hall–Kier alpha value is -2.69. The molecule has 0 N–H and O–H groups in total. The van der Waals surface area contributed by atoms with Gasteiger partial charge in [0.1, 0.15) is 5.82 Å². The van der Waals surface area contributed by atoms with Crippen LogP contribution in [0, 0.1) is 11.2 Å². The zero-order chi connectivity index (χ0) is 20.1. The third-order valence-electron chi connectivity index (χ3n) is 4.56. The van der Waals surface area contributed by atoms with Gasteiger partial charge in [0.2, 0.25) is 5.91 Å². The number of benzene rings is 2. The molecule has 1 aliphatic heterocycles. The second-order valence-electron chi connectivity index (χ2n) is 8.48. The lowest BCUT2D eigenvalue weighted by Crippen LogP contribution is -2.38. The highest BCUT2D eigenvalue weighted by atomic mass is 19.1. The average molecular weight is 382 g/mol. The molecule has 0 saturated carbocycles. The zero-order valence-corrected chi connectivity index (χ0v) is 16.7. The van der Waals surface area contributed by atoms with Crippen molar-refractivity contribution >= 4 is 11.6 Å². The third-order valence-corrected chi connectivity index (χ3v) is 4.56. The number of amides is 1. The molecular formula is C23H27FN2O2. The van der Waals surface area contributed by atoms with Crippen LogP contribution in [0.2, 0.25) is 0 Å². The predicted molar refractivity (Wildman–Crippen MR) is 108 cm³/mol. The van der Waals surface area contributed by atoms with E-state index in [1.54, 1.807) is 11.0 Å². The van der Waals surface area contributed by atoms with E-state index >= 15 is 0 Å². The first-order chi connectivity index (χ1) is 13.3. The van der Waals surface area contributed by atoms with Gasteiger partial charge in [0.15, 0.2) is 6.10 Å². The van der Waals surface area contributed by atoms with Crippen molar-refractivity contribution in [3.05, 3.63) is 71.5 Å². The van der Waals surface area contributed by atoms with Gasteiger partial charge in [-0.05, 0) is 28.7 Å². The molecule has 1 heterocycles. The van der Waals surface area contributed by atoms with E-state index in [1.807, 2.05) is 57.2 Å². The highest BCUT2D eigenvalue weighted by molar-refractivity contribution is 6.01. The molecule has 1 aliphatic rings. The summed E-state index contributed by atoms with van der Waals surface area (Å²) in [5.74, 6) is -0.263. The van der Waals surface area contributed by atoms with Crippen LogP contribution in [-0.4, -0.2) is 29.2 Å². The summed E-state index contributed by atoms with van der Waals surface area (Å²) < 4.78 is 13.6. The zero-order valence-electron chi connectivity index (χ0n) is 16.7. The van der Waals surface area contributed by atoms with Gasteiger partial charge in [0.25, 0.3) is 0 Å². The van der Waals surface area contributed by atoms with Crippen LogP contribution in [0.25, 0.3) is 0 Å². The van der Waals surface area contributed by atoms with Crippen molar-refractivity contribution < 1.29 is 14.0 Å². The smallest absolute Gasteiger partial charge is 0.223 e.